The summed E-state index contributed by atoms with van der Waals surface area (Å²) in [5, 5.41) is 13.7. The maximum Gasteiger partial charge on any atom is 0.312 e. The van der Waals surface area contributed by atoms with Crippen molar-refractivity contribution in [2.24, 2.45) is 10.8 Å². The molecule has 0 bridgehead atoms. The molecule has 1 aliphatic rings. The van der Waals surface area contributed by atoms with Gasteiger partial charge in [0, 0.05) is 31.0 Å². The first-order valence-electron chi connectivity index (χ1n) is 10.5. The molecule has 0 aromatic carbocycles. The van der Waals surface area contributed by atoms with Crippen LogP contribution in [0.15, 0.2) is 0 Å². The molecule has 29 heavy (non-hydrogen) atoms. The Hall–Kier alpha value is -1.18. The fourth-order valence-corrected chi connectivity index (χ4v) is 4.35. The summed E-state index contributed by atoms with van der Waals surface area (Å²) in [5.74, 6) is -0.683. The Morgan fingerprint density at radius 3 is 1.97 bits per heavy atom. The highest BCUT2D eigenvalue weighted by molar-refractivity contribution is 5.80. The third kappa shape index (κ3) is 6.40. The van der Waals surface area contributed by atoms with Gasteiger partial charge in [-0.25, -0.2) is 0 Å². The van der Waals surface area contributed by atoms with Gasteiger partial charge in [-0.1, -0.05) is 6.92 Å². The van der Waals surface area contributed by atoms with E-state index >= 15 is 0 Å². The molecule has 1 aliphatic heterocycles. The molecule has 1 saturated heterocycles. The molecular weight excluding hydrogens is 374 g/mol. The molecule has 1 fully saturated rings. The summed E-state index contributed by atoms with van der Waals surface area (Å²) < 4.78 is 16.1. The third-order valence-electron chi connectivity index (χ3n) is 6.01. The number of hydrogen-bond acceptors (Lipinski definition) is 6. The number of hydrogen-bond donors (Lipinski definition) is 0. The lowest BCUT2D eigenvalue weighted by Crippen LogP contribution is -2.60. The van der Waals surface area contributed by atoms with Gasteiger partial charge in [-0.05, 0) is 61.3 Å². The average Bonchev–Trinajstić information content (AvgIpc) is 2.58. The fourth-order valence-electron chi connectivity index (χ4n) is 4.35. The molecule has 0 saturated carbocycles. The quantitative estimate of drug-likeness (QED) is 0.420. The van der Waals surface area contributed by atoms with Gasteiger partial charge in [-0.2, -0.15) is 0 Å². The van der Waals surface area contributed by atoms with Crippen LogP contribution in [-0.4, -0.2) is 54.5 Å². The highest BCUT2D eigenvalue weighted by Gasteiger charge is 2.49. The Bertz CT molecular complexity index is 568. The van der Waals surface area contributed by atoms with Gasteiger partial charge in [0.1, 0.15) is 12.7 Å². The largest absolute Gasteiger partial charge is 0.463 e. The second-order valence-corrected chi connectivity index (χ2v) is 10.5. The lowest BCUT2D eigenvalue weighted by molar-refractivity contribution is -0.300. The van der Waals surface area contributed by atoms with Gasteiger partial charge in [0.2, 0.25) is 0 Å². The summed E-state index contributed by atoms with van der Waals surface area (Å²) in [7, 11) is 1.54. The van der Waals surface area contributed by atoms with E-state index < -0.39 is 21.9 Å². The van der Waals surface area contributed by atoms with Crippen molar-refractivity contribution in [3.05, 3.63) is 0 Å². The van der Waals surface area contributed by atoms with E-state index in [1.54, 1.807) is 21.0 Å². The molecule has 1 radical (unpaired) electrons. The molecule has 169 valence electrons. The number of rotatable bonds is 9. The van der Waals surface area contributed by atoms with Crippen molar-refractivity contribution < 1.29 is 29.0 Å². The van der Waals surface area contributed by atoms with Crippen LogP contribution in [0.5, 0.6) is 0 Å². The van der Waals surface area contributed by atoms with Gasteiger partial charge >= 0.3 is 11.9 Å². The Labute approximate surface area is 176 Å². The molecule has 1 atom stereocenters. The second-order valence-electron chi connectivity index (χ2n) is 10.5. The summed E-state index contributed by atoms with van der Waals surface area (Å²) >= 11 is 0. The van der Waals surface area contributed by atoms with E-state index in [2.05, 4.69) is 0 Å². The molecule has 7 heteroatoms. The van der Waals surface area contributed by atoms with E-state index in [0.29, 0.717) is 32.3 Å². The first-order valence-corrected chi connectivity index (χ1v) is 10.5. The lowest BCUT2D eigenvalue weighted by Gasteiger charge is -2.49. The van der Waals surface area contributed by atoms with E-state index in [0.717, 1.165) is 5.06 Å². The molecule has 0 aromatic rings. The summed E-state index contributed by atoms with van der Waals surface area (Å²) in [6.45, 7) is 15.3. The monoisotopic (exact) mass is 414 g/mol. The van der Waals surface area contributed by atoms with Crippen molar-refractivity contribution in [3.8, 4) is 0 Å². The number of ether oxygens (including phenoxy) is 3. The standard InChI is InChI=1S/C22H40NO6/c1-10-22(8,15-19(2,3)17(24)28-12-11-27-9)18(25)29-16-13-20(4,5)23(26)21(6,7)14-16/h16H,10-15H2,1-9H3. The van der Waals surface area contributed by atoms with E-state index in [1.807, 2.05) is 41.5 Å². The van der Waals surface area contributed by atoms with Crippen LogP contribution < -0.4 is 0 Å². The molecular formula is C22H40NO6. The molecule has 1 heterocycles. The van der Waals surface area contributed by atoms with Crippen LogP contribution in [0.3, 0.4) is 0 Å². The highest BCUT2D eigenvalue weighted by atomic mass is 16.6. The summed E-state index contributed by atoms with van der Waals surface area (Å²) in [4.78, 5) is 25.6. The van der Waals surface area contributed by atoms with E-state index in [-0.39, 0.29) is 24.6 Å². The first kappa shape index (κ1) is 25.9. The van der Waals surface area contributed by atoms with Gasteiger partial charge in [-0.15, -0.1) is 10.3 Å². The zero-order chi connectivity index (χ0) is 22.7. The van der Waals surface area contributed by atoms with Crippen LogP contribution >= 0.6 is 0 Å². The minimum atomic E-state index is -0.839. The number of hydroxylamine groups is 2. The molecule has 0 spiro atoms. The number of carbonyl (C=O) groups is 2. The zero-order valence-corrected chi connectivity index (χ0v) is 19.7. The smallest absolute Gasteiger partial charge is 0.312 e. The van der Waals surface area contributed by atoms with Crippen molar-refractivity contribution in [2.75, 3.05) is 20.3 Å². The minimum absolute atomic E-state index is 0.185. The second kappa shape index (κ2) is 9.31. The van der Waals surface area contributed by atoms with Crippen LogP contribution in [0, 0.1) is 10.8 Å². The van der Waals surface area contributed by atoms with Gasteiger partial charge in [0.05, 0.1) is 17.4 Å². The number of nitrogens with zero attached hydrogens (tertiary/aromatic N) is 1. The van der Waals surface area contributed by atoms with Crippen LogP contribution in [0.4, 0.5) is 0 Å². The van der Waals surface area contributed by atoms with Crippen LogP contribution in [0.25, 0.3) is 0 Å². The number of methoxy groups -OCH3 is 1. The van der Waals surface area contributed by atoms with Crippen LogP contribution in [-0.2, 0) is 29.0 Å². The van der Waals surface area contributed by atoms with Gasteiger partial charge < -0.3 is 14.2 Å². The molecule has 0 amide bonds. The van der Waals surface area contributed by atoms with Crippen molar-refractivity contribution >= 4 is 11.9 Å². The van der Waals surface area contributed by atoms with Gasteiger partial charge in [0.15, 0.2) is 0 Å². The van der Waals surface area contributed by atoms with Crippen molar-refractivity contribution in [3.63, 3.8) is 0 Å². The van der Waals surface area contributed by atoms with E-state index in [1.165, 1.54) is 0 Å². The van der Waals surface area contributed by atoms with E-state index in [9.17, 15) is 14.8 Å². The van der Waals surface area contributed by atoms with E-state index in [4.69, 9.17) is 14.2 Å². The molecule has 1 unspecified atom stereocenters. The zero-order valence-electron chi connectivity index (χ0n) is 19.7. The average molecular weight is 415 g/mol. The molecule has 1 rings (SSSR count). The predicted octanol–water partition coefficient (Wildman–Crippen LogP) is 3.92. The highest BCUT2D eigenvalue weighted by Crippen LogP contribution is 2.42. The Morgan fingerprint density at radius 2 is 1.52 bits per heavy atom. The molecule has 0 aliphatic carbocycles. The molecule has 0 aromatic heterocycles. The number of carbonyl (C=O) groups excluding carboxylic acids is 2. The minimum Gasteiger partial charge on any atom is -0.463 e. The topological polar surface area (TPSA) is 85.0 Å². The van der Waals surface area contributed by atoms with Crippen molar-refractivity contribution in [1.82, 2.24) is 5.06 Å². The van der Waals surface area contributed by atoms with Crippen LogP contribution in [0.2, 0.25) is 0 Å². The molecule has 0 N–H and O–H groups in total. The maximum absolute atomic E-state index is 13.1. The Kier molecular flexibility index (Phi) is 8.30. The van der Waals surface area contributed by atoms with Gasteiger partial charge in [0.25, 0.3) is 0 Å². The summed E-state index contributed by atoms with van der Waals surface area (Å²) in [6, 6.07) is 0. The van der Waals surface area contributed by atoms with Gasteiger partial charge in [-0.3, -0.25) is 9.59 Å². The maximum atomic E-state index is 13.1. The summed E-state index contributed by atoms with van der Waals surface area (Å²) in [6.07, 6.45) is 1.48. The predicted molar refractivity (Wildman–Crippen MR) is 109 cm³/mol. The fraction of sp³-hybridized carbons (Fsp3) is 0.909. The van der Waals surface area contributed by atoms with Crippen molar-refractivity contribution in [1.29, 1.82) is 0 Å². The Morgan fingerprint density at radius 1 is 1.00 bits per heavy atom. The number of piperidine rings is 1. The Balaban J connectivity index is 2.87. The normalized spacial score (nSPS) is 22.0. The van der Waals surface area contributed by atoms with Crippen molar-refractivity contribution in [2.45, 2.75) is 98.3 Å². The summed E-state index contributed by atoms with van der Waals surface area (Å²) in [5.41, 5.74) is -2.89. The first-order chi connectivity index (χ1) is 13.1. The lowest BCUT2D eigenvalue weighted by atomic mass is 9.72. The molecule has 7 nitrogen and oxygen atoms in total. The third-order valence-corrected chi connectivity index (χ3v) is 6.01. The SMILES string of the molecule is CCC(C)(CC(C)(C)C(=O)OCCOC)C(=O)OC1CC(C)(C)N([O])C(C)(C)C1. The van der Waals surface area contributed by atoms with Crippen LogP contribution in [0.1, 0.15) is 81.1 Å². The number of esters is 2.